The molecule has 0 heterocycles. The quantitative estimate of drug-likeness (QED) is 0.509. The Hall–Kier alpha value is -3.40. The first-order valence-electron chi connectivity index (χ1n) is 11.3. The molecule has 4 nitrogen and oxygen atoms in total. The molecule has 32 heavy (non-hydrogen) atoms. The average molecular weight is 429 g/mol. The molecule has 166 valence electrons. The number of rotatable bonds is 10. The molecule has 0 bridgehead atoms. The molecule has 0 aromatic heterocycles. The van der Waals surface area contributed by atoms with Crippen molar-refractivity contribution in [2.24, 2.45) is 0 Å². The fourth-order valence-corrected chi connectivity index (χ4v) is 3.86. The number of aryl methyl sites for hydroxylation is 2. The minimum absolute atomic E-state index is 0.00992. The number of carbonyl (C=O) groups excluding carboxylic acids is 2. The number of hydrogen-bond donors (Lipinski definition) is 1. The van der Waals surface area contributed by atoms with Crippen LogP contribution >= 0.6 is 0 Å². The highest BCUT2D eigenvalue weighted by molar-refractivity contribution is 5.88. The van der Waals surface area contributed by atoms with E-state index >= 15 is 0 Å². The minimum Gasteiger partial charge on any atom is -0.355 e. The summed E-state index contributed by atoms with van der Waals surface area (Å²) in [6.07, 6.45) is 1.49. The highest BCUT2D eigenvalue weighted by atomic mass is 16.2. The molecule has 0 saturated carbocycles. The van der Waals surface area contributed by atoms with Crippen molar-refractivity contribution in [3.63, 3.8) is 0 Å². The maximum atomic E-state index is 13.5. The molecule has 0 aliphatic heterocycles. The smallest absolute Gasteiger partial charge is 0.243 e. The summed E-state index contributed by atoms with van der Waals surface area (Å²) in [5.74, 6) is -0.123. The van der Waals surface area contributed by atoms with Gasteiger partial charge in [-0.3, -0.25) is 9.59 Å². The summed E-state index contributed by atoms with van der Waals surface area (Å²) in [6.45, 7) is 4.89. The Labute approximate surface area is 191 Å². The molecule has 3 aromatic carbocycles. The van der Waals surface area contributed by atoms with Crippen molar-refractivity contribution < 1.29 is 9.59 Å². The zero-order chi connectivity index (χ0) is 22.8. The fraction of sp³-hybridized carbons (Fsp3) is 0.286. The molecular weight excluding hydrogens is 396 g/mol. The van der Waals surface area contributed by atoms with Crippen LogP contribution in [-0.2, 0) is 29.0 Å². The predicted molar refractivity (Wildman–Crippen MR) is 129 cm³/mol. The van der Waals surface area contributed by atoms with Gasteiger partial charge in [-0.2, -0.15) is 0 Å². The summed E-state index contributed by atoms with van der Waals surface area (Å²) in [4.78, 5) is 28.4. The molecule has 0 unspecified atom stereocenters. The van der Waals surface area contributed by atoms with Crippen molar-refractivity contribution in [1.29, 1.82) is 0 Å². The van der Waals surface area contributed by atoms with E-state index in [0.717, 1.165) is 22.3 Å². The van der Waals surface area contributed by atoms with Gasteiger partial charge in [0.25, 0.3) is 0 Å². The molecular formula is C28H32N2O2. The Balaban J connectivity index is 1.89. The van der Waals surface area contributed by atoms with E-state index in [4.69, 9.17) is 0 Å². The molecule has 0 fully saturated rings. The zero-order valence-corrected chi connectivity index (χ0v) is 19.0. The molecule has 0 aliphatic rings. The van der Waals surface area contributed by atoms with Crippen LogP contribution in [0.25, 0.3) is 0 Å². The van der Waals surface area contributed by atoms with Crippen molar-refractivity contribution in [1.82, 2.24) is 10.2 Å². The van der Waals surface area contributed by atoms with Gasteiger partial charge in [-0.05, 0) is 42.5 Å². The molecule has 1 N–H and O–H groups in total. The van der Waals surface area contributed by atoms with Crippen LogP contribution in [-0.4, -0.2) is 29.3 Å². The van der Waals surface area contributed by atoms with Crippen LogP contribution in [0.2, 0.25) is 0 Å². The molecule has 2 amide bonds. The van der Waals surface area contributed by atoms with E-state index in [2.05, 4.69) is 5.32 Å². The number of nitrogens with zero attached hydrogens (tertiary/aromatic N) is 1. The molecule has 4 heteroatoms. The van der Waals surface area contributed by atoms with Gasteiger partial charge < -0.3 is 10.2 Å². The van der Waals surface area contributed by atoms with Crippen LogP contribution in [0.15, 0.2) is 84.9 Å². The van der Waals surface area contributed by atoms with E-state index in [1.807, 2.05) is 98.8 Å². The second-order valence-corrected chi connectivity index (χ2v) is 8.03. The van der Waals surface area contributed by atoms with E-state index in [1.54, 1.807) is 4.90 Å². The summed E-state index contributed by atoms with van der Waals surface area (Å²) in [5.41, 5.74) is 4.33. The van der Waals surface area contributed by atoms with Crippen molar-refractivity contribution in [3.05, 3.63) is 107 Å². The van der Waals surface area contributed by atoms with Crippen LogP contribution in [0.4, 0.5) is 0 Å². The Bertz CT molecular complexity index is 1000. The molecule has 0 radical (unpaired) electrons. The first kappa shape index (κ1) is 23.3. The van der Waals surface area contributed by atoms with E-state index in [-0.39, 0.29) is 11.8 Å². The zero-order valence-electron chi connectivity index (χ0n) is 19.0. The van der Waals surface area contributed by atoms with Crippen molar-refractivity contribution >= 4 is 11.8 Å². The lowest BCUT2D eigenvalue weighted by Gasteiger charge is -2.32. The van der Waals surface area contributed by atoms with Crippen LogP contribution in [0.1, 0.15) is 35.6 Å². The number of likely N-dealkylation sites (N-methyl/N-ethyl adjacent to an activating group) is 1. The summed E-state index contributed by atoms with van der Waals surface area (Å²) in [5, 5.41) is 2.94. The van der Waals surface area contributed by atoms with E-state index < -0.39 is 6.04 Å². The standard InChI is InChI=1S/C28H32N2O2/c1-3-29-28(32)26(20-24-15-8-5-9-16-24)30(21-25-17-11-10-12-22(25)2)27(31)19-18-23-13-6-4-7-14-23/h4-17,26H,3,18-21H2,1-2H3,(H,29,32)/t26-/m1/s1. The molecule has 0 spiro atoms. The monoisotopic (exact) mass is 428 g/mol. The van der Waals surface area contributed by atoms with Gasteiger partial charge in [0.05, 0.1) is 0 Å². The first-order chi connectivity index (χ1) is 15.6. The normalized spacial score (nSPS) is 11.6. The maximum absolute atomic E-state index is 13.5. The number of nitrogens with one attached hydrogen (secondary N) is 1. The van der Waals surface area contributed by atoms with E-state index in [1.165, 1.54) is 0 Å². The highest BCUT2D eigenvalue weighted by Crippen LogP contribution is 2.18. The van der Waals surface area contributed by atoms with Crippen LogP contribution < -0.4 is 5.32 Å². The average Bonchev–Trinajstić information content (AvgIpc) is 2.82. The summed E-state index contributed by atoms with van der Waals surface area (Å²) in [7, 11) is 0. The maximum Gasteiger partial charge on any atom is 0.243 e. The lowest BCUT2D eigenvalue weighted by molar-refractivity contribution is -0.141. The van der Waals surface area contributed by atoms with Gasteiger partial charge in [0.1, 0.15) is 6.04 Å². The van der Waals surface area contributed by atoms with Gasteiger partial charge in [-0.25, -0.2) is 0 Å². The Morgan fingerprint density at radius 2 is 1.44 bits per heavy atom. The van der Waals surface area contributed by atoms with Gasteiger partial charge >= 0.3 is 0 Å². The molecule has 1 atom stereocenters. The van der Waals surface area contributed by atoms with Crippen LogP contribution in [0.3, 0.4) is 0 Å². The summed E-state index contributed by atoms with van der Waals surface area (Å²) in [6, 6.07) is 27.4. The second-order valence-electron chi connectivity index (χ2n) is 8.03. The summed E-state index contributed by atoms with van der Waals surface area (Å²) >= 11 is 0. The molecule has 0 aliphatic carbocycles. The van der Waals surface area contributed by atoms with Crippen molar-refractivity contribution in [2.45, 2.75) is 45.7 Å². The number of hydrogen-bond acceptors (Lipinski definition) is 2. The fourth-order valence-electron chi connectivity index (χ4n) is 3.86. The highest BCUT2D eigenvalue weighted by Gasteiger charge is 2.30. The third-order valence-corrected chi connectivity index (χ3v) is 5.69. The van der Waals surface area contributed by atoms with Gasteiger partial charge in [0.15, 0.2) is 0 Å². The summed E-state index contributed by atoms with van der Waals surface area (Å²) < 4.78 is 0. The van der Waals surface area contributed by atoms with Gasteiger partial charge in [0.2, 0.25) is 11.8 Å². The Morgan fingerprint density at radius 3 is 2.06 bits per heavy atom. The number of amides is 2. The van der Waals surface area contributed by atoms with Gasteiger partial charge in [-0.1, -0.05) is 84.9 Å². The first-order valence-corrected chi connectivity index (χ1v) is 11.3. The third kappa shape index (κ3) is 6.55. The Kier molecular flexibility index (Phi) is 8.61. The molecule has 3 rings (SSSR count). The predicted octanol–water partition coefficient (Wildman–Crippen LogP) is 4.70. The SMILES string of the molecule is CCNC(=O)[C@@H](Cc1ccccc1)N(Cc1ccccc1C)C(=O)CCc1ccccc1. The third-order valence-electron chi connectivity index (χ3n) is 5.69. The molecule has 0 saturated heterocycles. The molecule has 3 aromatic rings. The lowest BCUT2D eigenvalue weighted by atomic mass is 10.0. The number of benzene rings is 3. The van der Waals surface area contributed by atoms with Gasteiger partial charge in [0, 0.05) is 25.9 Å². The van der Waals surface area contributed by atoms with Crippen LogP contribution in [0, 0.1) is 6.92 Å². The second kappa shape index (κ2) is 11.8. The minimum atomic E-state index is -0.569. The van der Waals surface area contributed by atoms with E-state index in [0.29, 0.717) is 32.4 Å². The van der Waals surface area contributed by atoms with E-state index in [9.17, 15) is 9.59 Å². The van der Waals surface area contributed by atoms with Crippen LogP contribution in [0.5, 0.6) is 0 Å². The van der Waals surface area contributed by atoms with Crippen molar-refractivity contribution in [2.75, 3.05) is 6.54 Å². The lowest BCUT2D eigenvalue weighted by Crippen LogP contribution is -2.50. The number of carbonyl (C=O) groups is 2. The largest absolute Gasteiger partial charge is 0.355 e. The van der Waals surface area contributed by atoms with Crippen molar-refractivity contribution in [3.8, 4) is 0 Å². The topological polar surface area (TPSA) is 49.4 Å². The van der Waals surface area contributed by atoms with Gasteiger partial charge in [-0.15, -0.1) is 0 Å². The Morgan fingerprint density at radius 1 is 0.844 bits per heavy atom.